The van der Waals surface area contributed by atoms with Gasteiger partial charge in [0, 0.05) is 26.7 Å². The molecular weight excluding hydrogens is 387 g/mol. The van der Waals surface area contributed by atoms with Crippen molar-refractivity contribution in [3.05, 3.63) is 0 Å². The lowest BCUT2D eigenvalue weighted by Crippen LogP contribution is -2.39. The zero-order chi connectivity index (χ0) is 15.5. The molecule has 1 rings (SSSR count). The lowest BCUT2D eigenvalue weighted by molar-refractivity contribution is 0.188. The second-order valence-corrected chi connectivity index (χ2v) is 6.18. The fourth-order valence-corrected chi connectivity index (χ4v) is 2.92. The predicted molar refractivity (Wildman–Crippen MR) is 108 cm³/mol. The maximum Gasteiger partial charge on any atom is 0.193 e. The van der Waals surface area contributed by atoms with Crippen LogP contribution in [0.25, 0.3) is 0 Å². The van der Waals surface area contributed by atoms with Crippen molar-refractivity contribution in [1.29, 1.82) is 0 Å². The van der Waals surface area contributed by atoms with E-state index in [1.54, 1.807) is 0 Å². The quantitative estimate of drug-likeness (QED) is 0.368. The normalized spacial score (nSPS) is 17.2. The summed E-state index contributed by atoms with van der Waals surface area (Å²) < 4.78 is 0. The van der Waals surface area contributed by atoms with Gasteiger partial charge in [-0.05, 0) is 58.2 Å². The van der Waals surface area contributed by atoms with E-state index in [2.05, 4.69) is 42.9 Å². The van der Waals surface area contributed by atoms with Gasteiger partial charge in [-0.2, -0.15) is 0 Å². The Kier molecular flexibility index (Phi) is 13.4. The van der Waals surface area contributed by atoms with E-state index in [1.807, 2.05) is 0 Å². The van der Waals surface area contributed by atoms with Crippen molar-refractivity contribution < 1.29 is 0 Å². The fraction of sp³-hybridized carbons (Fsp3) is 0.941. The van der Waals surface area contributed by atoms with E-state index in [9.17, 15) is 0 Å². The zero-order valence-electron chi connectivity index (χ0n) is 15.1. The summed E-state index contributed by atoms with van der Waals surface area (Å²) >= 11 is 0. The highest BCUT2D eigenvalue weighted by Gasteiger charge is 2.17. The maximum atomic E-state index is 4.82. The average molecular weight is 424 g/mol. The molecular formula is C17H37IN4. The van der Waals surface area contributed by atoms with E-state index in [1.165, 1.54) is 51.7 Å². The third-order valence-electron chi connectivity index (χ3n) is 4.50. The molecule has 1 N–H and O–H groups in total. The van der Waals surface area contributed by atoms with Crippen LogP contribution in [0.1, 0.15) is 52.9 Å². The van der Waals surface area contributed by atoms with E-state index in [0.717, 1.165) is 31.5 Å². The van der Waals surface area contributed by atoms with Crippen molar-refractivity contribution in [3.8, 4) is 0 Å². The Balaban J connectivity index is 0.00000441. The number of hydrogen-bond acceptors (Lipinski definition) is 2. The summed E-state index contributed by atoms with van der Waals surface area (Å²) in [5.41, 5.74) is 0. The third kappa shape index (κ3) is 8.56. The molecule has 1 heterocycles. The Labute approximate surface area is 155 Å². The van der Waals surface area contributed by atoms with Gasteiger partial charge in [0.2, 0.25) is 0 Å². The smallest absolute Gasteiger partial charge is 0.193 e. The SMILES string of the molecule is CCCCN(C)C(=NCCC1CCN(CC)CC1)NCC.I. The van der Waals surface area contributed by atoms with Crippen LogP contribution in [0.15, 0.2) is 4.99 Å². The van der Waals surface area contributed by atoms with Gasteiger partial charge in [0.1, 0.15) is 0 Å². The molecule has 0 spiro atoms. The minimum atomic E-state index is 0. The largest absolute Gasteiger partial charge is 0.357 e. The van der Waals surface area contributed by atoms with Crippen molar-refractivity contribution in [2.45, 2.75) is 52.9 Å². The molecule has 0 aromatic rings. The summed E-state index contributed by atoms with van der Waals surface area (Å²) in [6, 6.07) is 0. The van der Waals surface area contributed by atoms with Crippen LogP contribution in [0.2, 0.25) is 0 Å². The molecule has 22 heavy (non-hydrogen) atoms. The van der Waals surface area contributed by atoms with Gasteiger partial charge >= 0.3 is 0 Å². The van der Waals surface area contributed by atoms with Crippen LogP contribution in [0.4, 0.5) is 0 Å². The topological polar surface area (TPSA) is 30.9 Å². The van der Waals surface area contributed by atoms with E-state index >= 15 is 0 Å². The number of likely N-dealkylation sites (tertiary alicyclic amines) is 1. The minimum Gasteiger partial charge on any atom is -0.357 e. The number of hydrogen-bond donors (Lipinski definition) is 1. The summed E-state index contributed by atoms with van der Waals surface area (Å²) in [6.07, 6.45) is 6.42. The molecule has 1 saturated heterocycles. The molecule has 0 radical (unpaired) electrons. The van der Waals surface area contributed by atoms with Crippen molar-refractivity contribution in [2.24, 2.45) is 10.9 Å². The van der Waals surface area contributed by atoms with Crippen molar-refractivity contribution in [3.63, 3.8) is 0 Å². The van der Waals surface area contributed by atoms with Gasteiger partial charge in [-0.1, -0.05) is 20.3 Å². The molecule has 0 amide bonds. The molecule has 0 aromatic carbocycles. The number of unbranched alkanes of at least 4 members (excludes halogenated alkanes) is 1. The highest BCUT2D eigenvalue weighted by atomic mass is 127. The van der Waals surface area contributed by atoms with Crippen molar-refractivity contribution in [2.75, 3.05) is 46.3 Å². The van der Waals surface area contributed by atoms with Gasteiger partial charge in [0.15, 0.2) is 5.96 Å². The molecule has 0 unspecified atom stereocenters. The molecule has 4 nitrogen and oxygen atoms in total. The lowest BCUT2D eigenvalue weighted by Gasteiger charge is -2.30. The molecule has 0 atom stereocenters. The fourth-order valence-electron chi connectivity index (χ4n) is 2.92. The van der Waals surface area contributed by atoms with Crippen molar-refractivity contribution in [1.82, 2.24) is 15.1 Å². The summed E-state index contributed by atoms with van der Waals surface area (Å²) in [6.45, 7) is 13.4. The number of halogens is 1. The lowest BCUT2D eigenvalue weighted by atomic mass is 9.94. The first-order chi connectivity index (χ1) is 10.2. The van der Waals surface area contributed by atoms with E-state index in [4.69, 9.17) is 4.99 Å². The Bertz CT molecular complexity index is 288. The third-order valence-corrected chi connectivity index (χ3v) is 4.50. The predicted octanol–water partition coefficient (Wildman–Crippen LogP) is 3.42. The Morgan fingerprint density at radius 1 is 1.23 bits per heavy atom. The van der Waals surface area contributed by atoms with Crippen LogP contribution in [0.5, 0.6) is 0 Å². The first-order valence-corrected chi connectivity index (χ1v) is 8.93. The second-order valence-electron chi connectivity index (χ2n) is 6.18. The number of nitrogens with zero attached hydrogens (tertiary/aromatic N) is 3. The molecule has 5 heteroatoms. The summed E-state index contributed by atoms with van der Waals surface area (Å²) in [5, 5.41) is 3.41. The van der Waals surface area contributed by atoms with Gasteiger partial charge in [-0.15, -0.1) is 24.0 Å². The standard InChI is InChI=1S/C17H36N4.HI/c1-5-8-13-20(4)17(18-6-2)19-12-9-16-10-14-21(7-3)15-11-16;/h16H,5-15H2,1-4H3,(H,18,19);1H. The Morgan fingerprint density at radius 3 is 2.45 bits per heavy atom. The van der Waals surface area contributed by atoms with Crippen LogP contribution in [0, 0.1) is 5.92 Å². The highest BCUT2D eigenvalue weighted by Crippen LogP contribution is 2.20. The number of guanidine groups is 1. The monoisotopic (exact) mass is 424 g/mol. The van der Waals surface area contributed by atoms with Crippen LogP contribution in [0.3, 0.4) is 0 Å². The first kappa shape index (κ1) is 22.0. The number of piperidine rings is 1. The molecule has 0 aliphatic carbocycles. The van der Waals surface area contributed by atoms with Crippen molar-refractivity contribution >= 4 is 29.9 Å². The molecule has 1 aliphatic heterocycles. The molecule has 0 bridgehead atoms. The van der Waals surface area contributed by atoms with Gasteiger partial charge in [-0.25, -0.2) is 0 Å². The maximum absolute atomic E-state index is 4.82. The van der Waals surface area contributed by atoms with Gasteiger partial charge in [0.25, 0.3) is 0 Å². The molecule has 0 saturated carbocycles. The zero-order valence-corrected chi connectivity index (χ0v) is 17.4. The number of nitrogens with one attached hydrogen (secondary N) is 1. The van der Waals surface area contributed by atoms with E-state index in [0.29, 0.717) is 0 Å². The summed E-state index contributed by atoms with van der Waals surface area (Å²) in [7, 11) is 2.15. The first-order valence-electron chi connectivity index (χ1n) is 8.93. The molecule has 1 fully saturated rings. The molecule has 0 aromatic heterocycles. The summed E-state index contributed by atoms with van der Waals surface area (Å²) in [5.74, 6) is 1.96. The Morgan fingerprint density at radius 2 is 1.91 bits per heavy atom. The minimum absolute atomic E-state index is 0. The van der Waals surface area contributed by atoms with Crippen LogP contribution < -0.4 is 5.32 Å². The summed E-state index contributed by atoms with van der Waals surface area (Å²) in [4.78, 5) is 9.65. The molecule has 1 aliphatic rings. The number of aliphatic imine (C=N–C) groups is 1. The average Bonchev–Trinajstić information content (AvgIpc) is 2.52. The second kappa shape index (κ2) is 13.4. The van der Waals surface area contributed by atoms with E-state index in [-0.39, 0.29) is 24.0 Å². The van der Waals surface area contributed by atoms with Gasteiger partial charge in [-0.3, -0.25) is 4.99 Å². The van der Waals surface area contributed by atoms with Crippen LogP contribution in [-0.4, -0.2) is 62.1 Å². The Hall–Kier alpha value is -0.0400. The number of rotatable bonds is 8. The van der Waals surface area contributed by atoms with E-state index < -0.39 is 0 Å². The van der Waals surface area contributed by atoms with Gasteiger partial charge < -0.3 is 15.1 Å². The van der Waals surface area contributed by atoms with Gasteiger partial charge in [0.05, 0.1) is 0 Å². The van der Waals surface area contributed by atoms with Crippen LogP contribution >= 0.6 is 24.0 Å². The highest BCUT2D eigenvalue weighted by molar-refractivity contribution is 14.0. The van der Waals surface area contributed by atoms with Crippen LogP contribution in [-0.2, 0) is 0 Å². The molecule has 132 valence electrons.